The molecule has 0 saturated heterocycles. The molecule has 56 heavy (non-hydrogen) atoms. The minimum absolute atomic E-state index is 0.124. The molecule has 12 nitrogen and oxygen atoms in total. The zero-order chi connectivity index (χ0) is 38.2. The molecule has 0 fully saturated rings. The lowest BCUT2D eigenvalue weighted by atomic mass is 10.00. The molecule has 4 aromatic carbocycles. The van der Waals surface area contributed by atoms with Crippen molar-refractivity contribution in [3.63, 3.8) is 0 Å². The molecule has 10 rings (SSSR count). The molecule has 6 heterocycles. The van der Waals surface area contributed by atoms with Crippen LogP contribution >= 0.6 is 0 Å². The van der Waals surface area contributed by atoms with Crippen molar-refractivity contribution in [2.24, 2.45) is 14.1 Å². The zero-order valence-electron chi connectivity index (χ0n) is 30.6. The Kier molecular flexibility index (Phi) is 8.75. The Morgan fingerprint density at radius 2 is 1.09 bits per heavy atom. The predicted molar refractivity (Wildman–Crippen MR) is 218 cm³/mol. The largest absolute Gasteiger partial charge is 0.301 e. The lowest BCUT2D eigenvalue weighted by Gasteiger charge is -2.11. The van der Waals surface area contributed by atoms with Gasteiger partial charge in [-0.25, -0.2) is 9.97 Å². The first kappa shape index (κ1) is 34.2. The standard InChI is InChI=1S/2C22H17N5O/c1-26-14-18-17(6-3-7-19(18)25-26)16-5-2-4-15(10-16)13-27-21-8-9-23-11-20(21)24-12-22(27)28;1-26-14-18-10-17(5-6-19(18)25-26)16-4-2-3-15(9-16)13-27-21-7-8-23-11-20(21)24-12-22(27)28/h2*2-12,14H,13H2,1H3. The lowest BCUT2D eigenvalue weighted by Crippen LogP contribution is -2.21. The van der Waals surface area contributed by atoms with E-state index in [0.717, 1.165) is 66.2 Å². The maximum atomic E-state index is 12.4. The zero-order valence-corrected chi connectivity index (χ0v) is 30.6. The summed E-state index contributed by atoms with van der Waals surface area (Å²) in [6, 6.07) is 32.6. The van der Waals surface area contributed by atoms with Gasteiger partial charge in [0.05, 0.1) is 59.9 Å². The Morgan fingerprint density at radius 1 is 0.518 bits per heavy atom. The van der Waals surface area contributed by atoms with Crippen molar-refractivity contribution >= 4 is 43.9 Å². The molecule has 272 valence electrons. The van der Waals surface area contributed by atoms with E-state index in [1.165, 1.54) is 12.4 Å². The Labute approximate surface area is 319 Å². The highest BCUT2D eigenvalue weighted by Gasteiger charge is 2.11. The number of aromatic nitrogens is 10. The molecule has 0 aliphatic heterocycles. The van der Waals surface area contributed by atoms with Gasteiger partial charge in [0.25, 0.3) is 11.1 Å². The van der Waals surface area contributed by atoms with Crippen molar-refractivity contribution in [3.8, 4) is 22.3 Å². The van der Waals surface area contributed by atoms with Gasteiger partial charge < -0.3 is 9.13 Å². The summed E-state index contributed by atoms with van der Waals surface area (Å²) in [5.41, 5.74) is 11.2. The van der Waals surface area contributed by atoms with E-state index in [-0.39, 0.29) is 11.1 Å². The number of aryl methyl sites for hydroxylation is 2. The third-order valence-corrected chi connectivity index (χ3v) is 9.76. The second kappa shape index (κ2) is 14.3. The summed E-state index contributed by atoms with van der Waals surface area (Å²) in [6.07, 6.45) is 13.5. The van der Waals surface area contributed by atoms with Gasteiger partial charge in [0, 0.05) is 49.7 Å². The first-order chi connectivity index (χ1) is 27.4. The average molecular weight is 735 g/mol. The van der Waals surface area contributed by atoms with Gasteiger partial charge in [-0.3, -0.25) is 28.9 Å². The molecule has 0 bridgehead atoms. The molecule has 0 unspecified atom stereocenters. The number of benzene rings is 4. The van der Waals surface area contributed by atoms with E-state index < -0.39 is 0 Å². The SMILES string of the molecule is Cn1cc2c(-c3cccc(Cn4c(=O)cnc5cnccc54)c3)cccc2n1.Cn1cc2cc(-c3cccc(Cn4c(=O)cnc5cnccc54)c3)ccc2n1. The van der Waals surface area contributed by atoms with Crippen LogP contribution in [0, 0.1) is 0 Å². The van der Waals surface area contributed by atoms with Crippen LogP contribution in [-0.2, 0) is 27.2 Å². The number of rotatable bonds is 6. The Morgan fingerprint density at radius 3 is 1.77 bits per heavy atom. The summed E-state index contributed by atoms with van der Waals surface area (Å²) in [7, 11) is 3.85. The molecule has 12 heteroatoms. The van der Waals surface area contributed by atoms with Gasteiger partial charge in [-0.1, -0.05) is 54.6 Å². The quantitative estimate of drug-likeness (QED) is 0.183. The molecule has 6 aromatic heterocycles. The summed E-state index contributed by atoms with van der Waals surface area (Å²) < 4.78 is 7.11. The molecule has 0 spiro atoms. The highest BCUT2D eigenvalue weighted by molar-refractivity contribution is 5.94. The van der Waals surface area contributed by atoms with Crippen LogP contribution in [0.25, 0.3) is 66.1 Å². The molecule has 0 aliphatic carbocycles. The van der Waals surface area contributed by atoms with Gasteiger partial charge in [0.2, 0.25) is 0 Å². The van der Waals surface area contributed by atoms with E-state index >= 15 is 0 Å². The smallest absolute Gasteiger partial charge is 0.269 e. The van der Waals surface area contributed by atoms with Crippen LogP contribution in [-0.4, -0.2) is 48.6 Å². The second-order valence-corrected chi connectivity index (χ2v) is 13.6. The van der Waals surface area contributed by atoms with Gasteiger partial charge >= 0.3 is 0 Å². The van der Waals surface area contributed by atoms with Gasteiger partial charge in [-0.05, 0) is 75.8 Å². The van der Waals surface area contributed by atoms with Crippen molar-refractivity contribution in [1.82, 2.24) is 48.6 Å². The highest BCUT2D eigenvalue weighted by Crippen LogP contribution is 2.29. The van der Waals surface area contributed by atoms with Crippen LogP contribution in [0.2, 0.25) is 0 Å². The fraction of sp³-hybridized carbons (Fsp3) is 0.0909. The van der Waals surface area contributed by atoms with Crippen molar-refractivity contribution < 1.29 is 0 Å². The lowest BCUT2D eigenvalue weighted by molar-refractivity contribution is 0.779. The maximum absolute atomic E-state index is 12.4. The number of hydrogen-bond acceptors (Lipinski definition) is 8. The van der Waals surface area contributed by atoms with Crippen LogP contribution in [0.3, 0.4) is 0 Å². The minimum atomic E-state index is -0.126. The van der Waals surface area contributed by atoms with Crippen molar-refractivity contribution in [2.75, 3.05) is 0 Å². The Balaban J connectivity index is 0.000000146. The van der Waals surface area contributed by atoms with Gasteiger partial charge in [-0.2, -0.15) is 10.2 Å². The van der Waals surface area contributed by atoms with Crippen molar-refractivity contribution in [3.05, 3.63) is 178 Å². The van der Waals surface area contributed by atoms with Crippen LogP contribution in [0.5, 0.6) is 0 Å². The molecule has 0 amide bonds. The summed E-state index contributed by atoms with van der Waals surface area (Å²) in [5.74, 6) is 0. The number of pyridine rings is 2. The average Bonchev–Trinajstić information content (AvgIpc) is 3.80. The first-order valence-electron chi connectivity index (χ1n) is 18.0. The molecular weight excluding hydrogens is 701 g/mol. The topological polar surface area (TPSA) is 131 Å². The highest BCUT2D eigenvalue weighted by atomic mass is 16.1. The second-order valence-electron chi connectivity index (χ2n) is 13.6. The van der Waals surface area contributed by atoms with Crippen molar-refractivity contribution in [1.29, 1.82) is 0 Å². The van der Waals surface area contributed by atoms with Gasteiger partial charge in [-0.15, -0.1) is 0 Å². The summed E-state index contributed by atoms with van der Waals surface area (Å²) in [4.78, 5) is 41.4. The molecule has 0 aliphatic rings. The van der Waals surface area contributed by atoms with E-state index in [2.05, 4.69) is 72.6 Å². The fourth-order valence-corrected chi connectivity index (χ4v) is 7.16. The minimum Gasteiger partial charge on any atom is -0.301 e. The normalized spacial score (nSPS) is 11.3. The third-order valence-electron chi connectivity index (χ3n) is 9.76. The molecule has 0 radical (unpaired) electrons. The van der Waals surface area contributed by atoms with Crippen LogP contribution in [0.15, 0.2) is 156 Å². The maximum Gasteiger partial charge on any atom is 0.269 e. The monoisotopic (exact) mass is 734 g/mol. The number of fused-ring (bicyclic) bond motifs is 4. The van der Waals surface area contributed by atoms with Gasteiger partial charge in [0.15, 0.2) is 0 Å². The Bertz CT molecular complexity index is 3190. The summed E-state index contributed by atoms with van der Waals surface area (Å²) >= 11 is 0. The summed E-state index contributed by atoms with van der Waals surface area (Å²) in [6.45, 7) is 0.948. The van der Waals surface area contributed by atoms with Gasteiger partial charge in [0.1, 0.15) is 11.0 Å². The molecule has 0 N–H and O–H groups in total. The Hall–Kier alpha value is -7.60. The van der Waals surface area contributed by atoms with E-state index in [1.807, 2.05) is 90.4 Å². The van der Waals surface area contributed by atoms with E-state index in [9.17, 15) is 9.59 Å². The molecule has 0 saturated carbocycles. The van der Waals surface area contributed by atoms with Crippen LogP contribution < -0.4 is 11.1 Å². The van der Waals surface area contributed by atoms with E-state index in [1.54, 1.807) is 33.9 Å². The number of nitrogens with zero attached hydrogens (tertiary/aromatic N) is 10. The predicted octanol–water partition coefficient (Wildman–Crippen LogP) is 6.79. The number of hydrogen-bond donors (Lipinski definition) is 0. The van der Waals surface area contributed by atoms with E-state index in [4.69, 9.17) is 0 Å². The molecule has 10 aromatic rings. The van der Waals surface area contributed by atoms with E-state index in [0.29, 0.717) is 24.1 Å². The van der Waals surface area contributed by atoms with Crippen LogP contribution in [0.1, 0.15) is 11.1 Å². The molecule has 0 atom stereocenters. The first-order valence-corrected chi connectivity index (χ1v) is 18.0. The van der Waals surface area contributed by atoms with Crippen LogP contribution in [0.4, 0.5) is 0 Å². The fourth-order valence-electron chi connectivity index (χ4n) is 7.16. The third kappa shape index (κ3) is 6.71. The molecular formula is C44H34N10O2. The van der Waals surface area contributed by atoms with Crippen molar-refractivity contribution in [2.45, 2.75) is 13.1 Å². The summed E-state index contributed by atoms with van der Waals surface area (Å²) in [5, 5.41) is 11.1.